The smallest absolute Gasteiger partial charge is 0.241 e. The molecule has 0 saturated heterocycles. The summed E-state index contributed by atoms with van der Waals surface area (Å²) in [5, 5.41) is 0. The molecule has 0 aliphatic rings. The minimum Gasteiger partial charge on any atom is -0.314 e. The second-order valence-corrected chi connectivity index (χ2v) is 3.38. The Bertz CT molecular complexity index is 325. The molecule has 3 heteroatoms. The summed E-state index contributed by atoms with van der Waals surface area (Å²) in [6.45, 7) is 2.09. The standard InChI is InChI=1S/C11H14ClNO/c1-3-9-5-4-6-10(7-9)13(2)11(14)8-12/h4-7H,3,8H2,1-2H3. The largest absolute Gasteiger partial charge is 0.314 e. The minimum atomic E-state index is -0.0834. The van der Waals surface area contributed by atoms with Gasteiger partial charge >= 0.3 is 0 Å². The van der Waals surface area contributed by atoms with E-state index in [1.54, 1.807) is 11.9 Å². The topological polar surface area (TPSA) is 20.3 Å². The van der Waals surface area contributed by atoms with Gasteiger partial charge in [0.15, 0.2) is 0 Å². The average molecular weight is 212 g/mol. The van der Waals surface area contributed by atoms with Crippen LogP contribution in [-0.2, 0) is 11.2 Å². The van der Waals surface area contributed by atoms with E-state index < -0.39 is 0 Å². The van der Waals surface area contributed by atoms with Crippen molar-refractivity contribution in [2.24, 2.45) is 0 Å². The van der Waals surface area contributed by atoms with Gasteiger partial charge in [0, 0.05) is 12.7 Å². The number of halogens is 1. The van der Waals surface area contributed by atoms with E-state index in [9.17, 15) is 4.79 Å². The van der Waals surface area contributed by atoms with Gasteiger partial charge in [0.05, 0.1) is 0 Å². The number of aryl methyl sites for hydroxylation is 1. The summed E-state index contributed by atoms with van der Waals surface area (Å²) in [5.41, 5.74) is 2.12. The minimum absolute atomic E-state index is 0.0207. The Hall–Kier alpha value is -1.02. The molecule has 0 saturated carbocycles. The Balaban J connectivity index is 2.89. The highest BCUT2D eigenvalue weighted by Gasteiger charge is 2.08. The van der Waals surface area contributed by atoms with Crippen LogP contribution in [0.2, 0.25) is 0 Å². The van der Waals surface area contributed by atoms with Crippen molar-refractivity contribution in [3.63, 3.8) is 0 Å². The number of rotatable bonds is 3. The molecule has 0 aromatic heterocycles. The van der Waals surface area contributed by atoms with Crippen LogP contribution >= 0.6 is 11.6 Å². The van der Waals surface area contributed by atoms with E-state index in [1.807, 2.05) is 24.3 Å². The molecule has 1 amide bonds. The predicted octanol–water partition coefficient (Wildman–Crippen LogP) is 2.45. The van der Waals surface area contributed by atoms with Crippen LogP contribution in [0.3, 0.4) is 0 Å². The Morgan fingerprint density at radius 2 is 2.21 bits per heavy atom. The summed E-state index contributed by atoms with van der Waals surface area (Å²) in [6, 6.07) is 7.91. The number of benzene rings is 1. The SMILES string of the molecule is CCc1cccc(N(C)C(=O)CCl)c1. The zero-order valence-electron chi connectivity index (χ0n) is 8.46. The highest BCUT2D eigenvalue weighted by atomic mass is 35.5. The van der Waals surface area contributed by atoms with Gasteiger partial charge in [-0.05, 0) is 24.1 Å². The Labute approximate surface area is 89.5 Å². The van der Waals surface area contributed by atoms with Crippen molar-refractivity contribution in [2.75, 3.05) is 17.8 Å². The third-order valence-electron chi connectivity index (χ3n) is 2.19. The van der Waals surface area contributed by atoms with Crippen molar-refractivity contribution in [3.8, 4) is 0 Å². The van der Waals surface area contributed by atoms with Crippen molar-refractivity contribution in [1.82, 2.24) is 0 Å². The zero-order chi connectivity index (χ0) is 10.6. The number of carbonyl (C=O) groups excluding carboxylic acids is 1. The molecule has 0 fully saturated rings. The predicted molar refractivity (Wildman–Crippen MR) is 60.0 cm³/mol. The van der Waals surface area contributed by atoms with Crippen LogP contribution in [0.1, 0.15) is 12.5 Å². The molecule has 1 aromatic carbocycles. The molecule has 0 radical (unpaired) electrons. The van der Waals surface area contributed by atoms with E-state index in [0.29, 0.717) is 0 Å². The van der Waals surface area contributed by atoms with E-state index in [4.69, 9.17) is 11.6 Å². The Morgan fingerprint density at radius 1 is 1.50 bits per heavy atom. The van der Waals surface area contributed by atoms with Gasteiger partial charge in [-0.2, -0.15) is 0 Å². The molecule has 1 aromatic rings. The molecule has 1 rings (SSSR count). The molecule has 0 spiro atoms. The summed E-state index contributed by atoms with van der Waals surface area (Å²) in [5.74, 6) is -0.0627. The molecule has 0 aliphatic carbocycles. The number of nitrogens with zero attached hydrogens (tertiary/aromatic N) is 1. The number of hydrogen-bond acceptors (Lipinski definition) is 1. The number of carbonyl (C=O) groups is 1. The summed E-state index contributed by atoms with van der Waals surface area (Å²) in [7, 11) is 1.74. The van der Waals surface area contributed by atoms with Gasteiger partial charge in [0.2, 0.25) is 5.91 Å². The molecule has 0 bridgehead atoms. The fraction of sp³-hybridized carbons (Fsp3) is 0.364. The van der Waals surface area contributed by atoms with E-state index in [0.717, 1.165) is 12.1 Å². The van der Waals surface area contributed by atoms with Crippen molar-refractivity contribution >= 4 is 23.2 Å². The van der Waals surface area contributed by atoms with Gasteiger partial charge in [0.1, 0.15) is 5.88 Å². The van der Waals surface area contributed by atoms with Crippen LogP contribution < -0.4 is 4.90 Å². The van der Waals surface area contributed by atoms with Crippen LogP contribution in [0.5, 0.6) is 0 Å². The molecule has 0 unspecified atom stereocenters. The molecular formula is C11H14ClNO. The van der Waals surface area contributed by atoms with Crippen molar-refractivity contribution < 1.29 is 4.79 Å². The normalized spacial score (nSPS) is 9.93. The first kappa shape index (κ1) is 11.1. The van der Waals surface area contributed by atoms with Crippen LogP contribution in [0.25, 0.3) is 0 Å². The lowest BCUT2D eigenvalue weighted by atomic mass is 10.1. The van der Waals surface area contributed by atoms with Crippen LogP contribution in [-0.4, -0.2) is 18.8 Å². The lowest BCUT2D eigenvalue weighted by molar-refractivity contribution is -0.116. The Kier molecular flexibility index (Phi) is 3.96. The monoisotopic (exact) mass is 211 g/mol. The van der Waals surface area contributed by atoms with Gasteiger partial charge < -0.3 is 4.90 Å². The maximum absolute atomic E-state index is 11.3. The van der Waals surface area contributed by atoms with Gasteiger partial charge in [-0.15, -0.1) is 11.6 Å². The summed E-state index contributed by atoms with van der Waals surface area (Å²) in [4.78, 5) is 12.9. The van der Waals surface area contributed by atoms with Gasteiger partial charge in [-0.25, -0.2) is 0 Å². The first-order valence-electron chi connectivity index (χ1n) is 4.60. The highest BCUT2D eigenvalue weighted by Crippen LogP contribution is 2.15. The first-order valence-corrected chi connectivity index (χ1v) is 5.14. The second-order valence-electron chi connectivity index (χ2n) is 3.11. The van der Waals surface area contributed by atoms with Crippen molar-refractivity contribution in [3.05, 3.63) is 29.8 Å². The van der Waals surface area contributed by atoms with E-state index in [1.165, 1.54) is 5.56 Å². The maximum atomic E-state index is 11.3. The van der Waals surface area contributed by atoms with E-state index in [-0.39, 0.29) is 11.8 Å². The van der Waals surface area contributed by atoms with Gasteiger partial charge in [-0.3, -0.25) is 4.79 Å². The number of anilines is 1. The molecule has 0 N–H and O–H groups in total. The fourth-order valence-corrected chi connectivity index (χ4v) is 1.40. The highest BCUT2D eigenvalue weighted by molar-refractivity contribution is 6.29. The van der Waals surface area contributed by atoms with E-state index in [2.05, 4.69) is 6.92 Å². The van der Waals surface area contributed by atoms with Crippen LogP contribution in [0.4, 0.5) is 5.69 Å². The molecule has 2 nitrogen and oxygen atoms in total. The molecule has 0 aliphatic heterocycles. The number of alkyl halides is 1. The average Bonchev–Trinajstić information content (AvgIpc) is 2.27. The van der Waals surface area contributed by atoms with Gasteiger partial charge in [0.25, 0.3) is 0 Å². The lowest BCUT2D eigenvalue weighted by Crippen LogP contribution is -2.27. The molecule has 0 atom stereocenters. The summed E-state index contributed by atoms with van der Waals surface area (Å²) in [6.07, 6.45) is 0.969. The lowest BCUT2D eigenvalue weighted by Gasteiger charge is -2.16. The zero-order valence-corrected chi connectivity index (χ0v) is 9.21. The molecule has 14 heavy (non-hydrogen) atoms. The van der Waals surface area contributed by atoms with E-state index >= 15 is 0 Å². The first-order chi connectivity index (χ1) is 6.69. The van der Waals surface area contributed by atoms with Crippen molar-refractivity contribution in [1.29, 1.82) is 0 Å². The number of amides is 1. The third-order valence-corrected chi connectivity index (χ3v) is 2.42. The third kappa shape index (κ3) is 2.48. The summed E-state index contributed by atoms with van der Waals surface area (Å²) < 4.78 is 0. The van der Waals surface area contributed by atoms with Gasteiger partial charge in [-0.1, -0.05) is 19.1 Å². The number of hydrogen-bond donors (Lipinski definition) is 0. The van der Waals surface area contributed by atoms with Crippen LogP contribution in [0.15, 0.2) is 24.3 Å². The molecular weight excluding hydrogens is 198 g/mol. The quantitative estimate of drug-likeness (QED) is 0.704. The Morgan fingerprint density at radius 3 is 2.79 bits per heavy atom. The molecule has 76 valence electrons. The second kappa shape index (κ2) is 5.01. The van der Waals surface area contributed by atoms with Crippen LogP contribution in [0, 0.1) is 0 Å². The fourth-order valence-electron chi connectivity index (χ4n) is 1.22. The maximum Gasteiger partial charge on any atom is 0.241 e. The summed E-state index contributed by atoms with van der Waals surface area (Å²) >= 11 is 5.48. The molecule has 0 heterocycles. The van der Waals surface area contributed by atoms with Crippen molar-refractivity contribution in [2.45, 2.75) is 13.3 Å².